The summed E-state index contributed by atoms with van der Waals surface area (Å²) in [4.78, 5) is 13.0. The number of nitrogens with zero attached hydrogens (tertiary/aromatic N) is 4. The van der Waals surface area contributed by atoms with Crippen molar-refractivity contribution in [3.05, 3.63) is 12.2 Å². The standard InChI is InChI=1S/C13H21N5/c1-6-13(5,8(2)3)18-7-15-10-11(14)16-9(4)17-12(10)18/h7-8H,6H2,1-5H3,(H2,14,16,17). The summed E-state index contributed by atoms with van der Waals surface area (Å²) in [6.45, 7) is 10.7. The maximum absolute atomic E-state index is 5.90. The highest BCUT2D eigenvalue weighted by Crippen LogP contribution is 2.32. The predicted molar refractivity (Wildman–Crippen MR) is 73.2 cm³/mol. The minimum absolute atomic E-state index is 0.0119. The van der Waals surface area contributed by atoms with E-state index in [1.54, 1.807) is 0 Å². The molecule has 1 atom stereocenters. The van der Waals surface area contributed by atoms with Gasteiger partial charge in [-0.15, -0.1) is 0 Å². The van der Waals surface area contributed by atoms with E-state index in [1.807, 2.05) is 13.3 Å². The Kier molecular flexibility index (Phi) is 3.00. The van der Waals surface area contributed by atoms with Gasteiger partial charge in [0.05, 0.1) is 6.33 Å². The lowest BCUT2D eigenvalue weighted by molar-refractivity contribution is 0.217. The summed E-state index contributed by atoms with van der Waals surface area (Å²) in [5.74, 6) is 1.62. The largest absolute Gasteiger partial charge is 0.382 e. The van der Waals surface area contributed by atoms with E-state index in [1.165, 1.54) is 0 Å². The van der Waals surface area contributed by atoms with Crippen LogP contribution in [0.1, 0.15) is 39.9 Å². The van der Waals surface area contributed by atoms with Crippen molar-refractivity contribution >= 4 is 17.0 Å². The Morgan fingerprint density at radius 1 is 1.39 bits per heavy atom. The van der Waals surface area contributed by atoms with Crippen molar-refractivity contribution in [1.82, 2.24) is 19.5 Å². The molecule has 0 aromatic carbocycles. The van der Waals surface area contributed by atoms with Crippen LogP contribution in [-0.2, 0) is 5.54 Å². The van der Waals surface area contributed by atoms with Gasteiger partial charge in [0.2, 0.25) is 0 Å². The molecule has 0 aliphatic carbocycles. The molecule has 2 N–H and O–H groups in total. The second-order valence-corrected chi connectivity index (χ2v) is 5.31. The Labute approximate surface area is 107 Å². The minimum atomic E-state index is -0.0119. The van der Waals surface area contributed by atoms with E-state index >= 15 is 0 Å². The summed E-state index contributed by atoms with van der Waals surface area (Å²) in [5.41, 5.74) is 7.42. The fraction of sp³-hybridized carbons (Fsp3) is 0.615. The zero-order valence-electron chi connectivity index (χ0n) is 11.7. The van der Waals surface area contributed by atoms with Crippen molar-refractivity contribution in [1.29, 1.82) is 0 Å². The van der Waals surface area contributed by atoms with E-state index in [9.17, 15) is 0 Å². The molecule has 0 spiro atoms. The fourth-order valence-corrected chi connectivity index (χ4v) is 2.27. The molecule has 0 saturated carbocycles. The molecule has 5 nitrogen and oxygen atoms in total. The molecule has 2 rings (SSSR count). The Bertz CT molecular complexity index is 572. The van der Waals surface area contributed by atoms with E-state index in [2.05, 4.69) is 47.2 Å². The smallest absolute Gasteiger partial charge is 0.166 e. The number of fused-ring (bicyclic) bond motifs is 1. The second kappa shape index (κ2) is 4.23. The zero-order valence-corrected chi connectivity index (χ0v) is 11.7. The van der Waals surface area contributed by atoms with E-state index in [4.69, 9.17) is 5.73 Å². The average molecular weight is 247 g/mol. The summed E-state index contributed by atoms with van der Waals surface area (Å²) >= 11 is 0. The van der Waals surface area contributed by atoms with Gasteiger partial charge in [-0.05, 0) is 26.2 Å². The summed E-state index contributed by atoms with van der Waals surface area (Å²) in [5, 5.41) is 0. The first kappa shape index (κ1) is 12.8. The maximum Gasteiger partial charge on any atom is 0.166 e. The van der Waals surface area contributed by atoms with Crippen molar-refractivity contribution in [3.8, 4) is 0 Å². The van der Waals surface area contributed by atoms with Gasteiger partial charge in [-0.2, -0.15) is 0 Å². The van der Waals surface area contributed by atoms with Crippen LogP contribution in [0, 0.1) is 12.8 Å². The second-order valence-electron chi connectivity index (χ2n) is 5.31. The number of aromatic nitrogens is 4. The molecule has 98 valence electrons. The Balaban J connectivity index is 2.72. The topological polar surface area (TPSA) is 69.6 Å². The van der Waals surface area contributed by atoms with Gasteiger partial charge >= 0.3 is 0 Å². The average Bonchev–Trinajstić information content (AvgIpc) is 2.72. The van der Waals surface area contributed by atoms with Gasteiger partial charge in [0.25, 0.3) is 0 Å². The number of hydrogen-bond donors (Lipinski definition) is 1. The van der Waals surface area contributed by atoms with Gasteiger partial charge < -0.3 is 10.3 Å². The first-order valence-corrected chi connectivity index (χ1v) is 6.37. The lowest BCUT2D eigenvalue weighted by Gasteiger charge is -2.34. The molecule has 5 heteroatoms. The first-order chi connectivity index (χ1) is 8.40. The number of aryl methyl sites for hydroxylation is 1. The first-order valence-electron chi connectivity index (χ1n) is 6.37. The lowest BCUT2D eigenvalue weighted by atomic mass is 9.85. The van der Waals surface area contributed by atoms with Crippen LogP contribution in [0.2, 0.25) is 0 Å². The van der Waals surface area contributed by atoms with Crippen LogP contribution < -0.4 is 5.73 Å². The molecule has 1 unspecified atom stereocenters. The number of hydrogen-bond acceptors (Lipinski definition) is 4. The highest BCUT2D eigenvalue weighted by Gasteiger charge is 2.30. The van der Waals surface area contributed by atoms with Gasteiger partial charge in [-0.25, -0.2) is 15.0 Å². The van der Waals surface area contributed by atoms with Gasteiger partial charge in [0.1, 0.15) is 11.3 Å². The van der Waals surface area contributed by atoms with Crippen LogP contribution in [0.15, 0.2) is 6.33 Å². The van der Waals surface area contributed by atoms with Crippen LogP contribution in [0.25, 0.3) is 11.2 Å². The third kappa shape index (κ3) is 1.74. The van der Waals surface area contributed by atoms with Crippen LogP contribution in [0.3, 0.4) is 0 Å². The molecule has 0 aliphatic heterocycles. The number of nitrogens with two attached hydrogens (primary N) is 1. The minimum Gasteiger partial charge on any atom is -0.382 e. The number of imidazole rings is 1. The number of nitrogen functional groups attached to an aromatic ring is 1. The molecule has 2 aromatic rings. The predicted octanol–water partition coefficient (Wildman–Crippen LogP) is 2.50. The Morgan fingerprint density at radius 2 is 2.06 bits per heavy atom. The lowest BCUT2D eigenvalue weighted by Crippen LogP contribution is -2.34. The molecule has 0 fully saturated rings. The highest BCUT2D eigenvalue weighted by molar-refractivity contribution is 5.81. The van der Waals surface area contributed by atoms with Gasteiger partial charge in [-0.3, -0.25) is 0 Å². The van der Waals surface area contributed by atoms with Crippen LogP contribution >= 0.6 is 0 Å². The molecule has 0 amide bonds. The molecule has 18 heavy (non-hydrogen) atoms. The molecule has 0 bridgehead atoms. The molecule has 2 aromatic heterocycles. The molecular weight excluding hydrogens is 226 g/mol. The summed E-state index contributed by atoms with van der Waals surface area (Å²) < 4.78 is 2.14. The van der Waals surface area contributed by atoms with Crippen LogP contribution in [-0.4, -0.2) is 19.5 Å². The molecule has 0 aliphatic rings. The monoisotopic (exact) mass is 247 g/mol. The molecule has 0 radical (unpaired) electrons. The molecule has 2 heterocycles. The SMILES string of the molecule is CCC(C)(C(C)C)n1cnc2c(N)nc(C)nc21. The third-order valence-electron chi connectivity index (χ3n) is 4.04. The van der Waals surface area contributed by atoms with Crippen molar-refractivity contribution in [3.63, 3.8) is 0 Å². The number of rotatable bonds is 3. The zero-order chi connectivity index (χ0) is 13.5. The quantitative estimate of drug-likeness (QED) is 0.904. The fourth-order valence-electron chi connectivity index (χ4n) is 2.27. The van der Waals surface area contributed by atoms with Gasteiger partial charge in [0, 0.05) is 5.54 Å². The normalized spacial score (nSPS) is 15.2. The van der Waals surface area contributed by atoms with Crippen molar-refractivity contribution in [2.75, 3.05) is 5.73 Å². The van der Waals surface area contributed by atoms with E-state index in [0.717, 1.165) is 12.1 Å². The van der Waals surface area contributed by atoms with E-state index < -0.39 is 0 Å². The third-order valence-corrected chi connectivity index (χ3v) is 4.04. The Morgan fingerprint density at radius 3 is 2.61 bits per heavy atom. The van der Waals surface area contributed by atoms with E-state index in [0.29, 0.717) is 23.1 Å². The van der Waals surface area contributed by atoms with E-state index in [-0.39, 0.29) is 5.54 Å². The van der Waals surface area contributed by atoms with Gasteiger partial charge in [-0.1, -0.05) is 20.8 Å². The van der Waals surface area contributed by atoms with Crippen molar-refractivity contribution < 1.29 is 0 Å². The summed E-state index contributed by atoms with van der Waals surface area (Å²) in [6.07, 6.45) is 2.84. The molecular formula is C13H21N5. The highest BCUT2D eigenvalue weighted by atomic mass is 15.2. The van der Waals surface area contributed by atoms with Crippen LogP contribution in [0.4, 0.5) is 5.82 Å². The van der Waals surface area contributed by atoms with Crippen LogP contribution in [0.5, 0.6) is 0 Å². The van der Waals surface area contributed by atoms with Crippen molar-refractivity contribution in [2.45, 2.75) is 46.6 Å². The summed E-state index contributed by atoms with van der Waals surface area (Å²) in [7, 11) is 0. The maximum atomic E-state index is 5.90. The van der Waals surface area contributed by atoms with Crippen molar-refractivity contribution in [2.24, 2.45) is 5.92 Å². The summed E-state index contributed by atoms with van der Waals surface area (Å²) in [6, 6.07) is 0. The van der Waals surface area contributed by atoms with Gasteiger partial charge in [0.15, 0.2) is 11.5 Å². The number of anilines is 1. The Hall–Kier alpha value is -1.65. The molecule has 0 saturated heterocycles.